The Morgan fingerprint density at radius 1 is 1.16 bits per heavy atom. The van der Waals surface area contributed by atoms with Crippen LogP contribution in [0.4, 0.5) is 5.13 Å². The van der Waals surface area contributed by atoms with Crippen LogP contribution < -0.4 is 5.32 Å². The number of nitrogens with one attached hydrogen (secondary N) is 1. The van der Waals surface area contributed by atoms with Crippen molar-refractivity contribution in [2.24, 2.45) is 0 Å². The summed E-state index contributed by atoms with van der Waals surface area (Å²) in [4.78, 5) is 15.1. The number of nitrogens with zero attached hydrogens (tertiary/aromatic N) is 3. The molecule has 134 valence electrons. The van der Waals surface area contributed by atoms with E-state index in [1.54, 1.807) is 0 Å². The molecule has 1 atom stereocenters. The van der Waals surface area contributed by atoms with Gasteiger partial charge in [0, 0.05) is 19.1 Å². The minimum atomic E-state index is -0.265. The number of amides is 1. The number of benzene rings is 1. The summed E-state index contributed by atoms with van der Waals surface area (Å²) >= 11 is 3.01. The summed E-state index contributed by atoms with van der Waals surface area (Å²) < 4.78 is 0.822. The van der Waals surface area contributed by atoms with Crippen molar-refractivity contribution >= 4 is 34.1 Å². The van der Waals surface area contributed by atoms with Crippen LogP contribution in [0.2, 0.25) is 0 Å². The lowest BCUT2D eigenvalue weighted by molar-refractivity contribution is -0.131. The van der Waals surface area contributed by atoms with E-state index in [9.17, 15) is 4.79 Å². The molecule has 0 bridgehead atoms. The third-order valence-electron chi connectivity index (χ3n) is 4.03. The van der Waals surface area contributed by atoms with Gasteiger partial charge >= 0.3 is 0 Å². The lowest BCUT2D eigenvalue weighted by Crippen LogP contribution is -2.38. The predicted molar refractivity (Wildman–Crippen MR) is 104 cm³/mol. The molecular weight excluding hydrogens is 352 g/mol. The highest BCUT2D eigenvalue weighted by Gasteiger charge is 2.29. The Balaban J connectivity index is 1.79. The number of likely N-dealkylation sites (tertiary alicyclic amines) is 1. The second-order valence-corrected chi connectivity index (χ2v) is 8.80. The zero-order chi connectivity index (χ0) is 17.6. The van der Waals surface area contributed by atoms with Crippen molar-refractivity contribution in [1.82, 2.24) is 15.1 Å². The zero-order valence-corrected chi connectivity index (χ0v) is 16.3. The molecule has 0 radical (unpaired) electrons. The molecule has 7 heteroatoms. The number of hydrogen-bond donors (Lipinski definition) is 1. The van der Waals surface area contributed by atoms with Gasteiger partial charge in [-0.3, -0.25) is 4.79 Å². The van der Waals surface area contributed by atoms with Gasteiger partial charge in [0.15, 0.2) is 4.34 Å². The molecule has 1 aromatic carbocycles. The van der Waals surface area contributed by atoms with Crippen LogP contribution in [0.5, 0.6) is 0 Å². The molecule has 25 heavy (non-hydrogen) atoms. The van der Waals surface area contributed by atoms with Crippen LogP contribution >= 0.6 is 23.1 Å². The average molecular weight is 377 g/mol. The van der Waals surface area contributed by atoms with Crippen molar-refractivity contribution < 1.29 is 4.79 Å². The van der Waals surface area contributed by atoms with Crippen molar-refractivity contribution in [1.29, 1.82) is 0 Å². The summed E-state index contributed by atoms with van der Waals surface area (Å²) in [5.41, 5.74) is 1.02. The molecule has 1 aromatic heterocycles. The van der Waals surface area contributed by atoms with Crippen LogP contribution in [0.3, 0.4) is 0 Å². The summed E-state index contributed by atoms with van der Waals surface area (Å²) in [5.74, 6) is 0.185. The third-order valence-corrected chi connectivity index (χ3v) is 6.21. The monoisotopic (exact) mass is 376 g/mol. The summed E-state index contributed by atoms with van der Waals surface area (Å²) in [7, 11) is 0. The van der Waals surface area contributed by atoms with E-state index in [1.165, 1.54) is 29.5 Å². The molecule has 1 amide bonds. The lowest BCUT2D eigenvalue weighted by atomic mass is 10.1. The van der Waals surface area contributed by atoms with Gasteiger partial charge in [0.25, 0.3) is 0 Å². The molecule has 1 N–H and O–H groups in total. The minimum Gasteiger partial charge on any atom is -0.358 e. The average Bonchev–Trinajstić information content (AvgIpc) is 3.07. The van der Waals surface area contributed by atoms with E-state index in [4.69, 9.17) is 0 Å². The number of anilines is 1. The van der Waals surface area contributed by atoms with Crippen molar-refractivity contribution in [3.8, 4) is 0 Å². The Morgan fingerprint density at radius 3 is 2.56 bits per heavy atom. The van der Waals surface area contributed by atoms with Gasteiger partial charge in [-0.05, 0) is 38.7 Å². The first kappa shape index (κ1) is 18.2. The molecule has 1 saturated heterocycles. The van der Waals surface area contributed by atoms with Crippen LogP contribution in [0, 0.1) is 0 Å². The maximum atomic E-state index is 13.1. The van der Waals surface area contributed by atoms with Gasteiger partial charge in [0.1, 0.15) is 5.25 Å². The molecule has 0 spiro atoms. The molecule has 2 aromatic rings. The fourth-order valence-electron chi connectivity index (χ4n) is 2.83. The van der Waals surface area contributed by atoms with Gasteiger partial charge in [0.05, 0.1) is 0 Å². The van der Waals surface area contributed by atoms with E-state index >= 15 is 0 Å². The Morgan fingerprint density at radius 2 is 1.88 bits per heavy atom. The summed E-state index contributed by atoms with van der Waals surface area (Å²) in [6, 6.07) is 10.3. The van der Waals surface area contributed by atoms with Crippen LogP contribution in [0.15, 0.2) is 34.7 Å². The normalized spacial score (nSPS) is 16.0. The lowest BCUT2D eigenvalue weighted by Gasteiger charge is -2.30. The van der Waals surface area contributed by atoms with Crippen LogP contribution in [0.1, 0.15) is 43.9 Å². The Bertz CT molecular complexity index is 683. The highest BCUT2D eigenvalue weighted by atomic mass is 32.2. The van der Waals surface area contributed by atoms with Gasteiger partial charge in [0.2, 0.25) is 11.0 Å². The Labute approximate surface area is 157 Å². The van der Waals surface area contributed by atoms with E-state index < -0.39 is 0 Å². The standard InChI is InChI=1S/C18H24N4OS2/c1-13(2)19-17-20-21-18(25-17)24-15(14-9-5-3-6-10-14)16(23)22-11-7-4-8-12-22/h3,5-6,9-10,13,15H,4,7-8,11-12H2,1-2H3,(H,19,20)/t15-/m1/s1. The zero-order valence-electron chi connectivity index (χ0n) is 14.6. The first-order valence-corrected chi connectivity index (χ1v) is 10.4. The van der Waals surface area contributed by atoms with Gasteiger partial charge in [-0.2, -0.15) is 0 Å². The van der Waals surface area contributed by atoms with Gasteiger partial charge in [-0.25, -0.2) is 0 Å². The quantitative estimate of drug-likeness (QED) is 0.766. The first-order chi connectivity index (χ1) is 12.1. The largest absolute Gasteiger partial charge is 0.358 e. The second kappa shape index (κ2) is 8.67. The van der Waals surface area contributed by atoms with E-state index in [0.29, 0.717) is 6.04 Å². The number of piperidine rings is 1. The molecule has 2 heterocycles. The molecule has 3 rings (SSSR count). The SMILES string of the molecule is CC(C)Nc1nnc(S[C@@H](C(=O)N2CCCCC2)c2ccccc2)s1. The topological polar surface area (TPSA) is 58.1 Å². The highest BCUT2D eigenvalue weighted by Crippen LogP contribution is 2.39. The number of thioether (sulfide) groups is 1. The maximum absolute atomic E-state index is 13.1. The van der Waals surface area contributed by atoms with E-state index in [-0.39, 0.29) is 11.2 Å². The van der Waals surface area contributed by atoms with E-state index in [2.05, 4.69) is 29.4 Å². The van der Waals surface area contributed by atoms with Crippen molar-refractivity contribution in [2.45, 2.75) is 48.7 Å². The second-order valence-electron chi connectivity index (χ2n) is 6.47. The first-order valence-electron chi connectivity index (χ1n) is 8.74. The van der Waals surface area contributed by atoms with Crippen LogP contribution in [0.25, 0.3) is 0 Å². The molecule has 0 unspecified atom stereocenters. The fraction of sp³-hybridized carbons (Fsp3) is 0.500. The molecule has 5 nitrogen and oxygen atoms in total. The van der Waals surface area contributed by atoms with Crippen molar-refractivity contribution in [3.05, 3.63) is 35.9 Å². The Kier molecular flexibility index (Phi) is 6.31. The molecule has 1 aliphatic rings. The minimum absolute atomic E-state index is 0.185. The fourth-order valence-corrected chi connectivity index (χ4v) is 5.01. The maximum Gasteiger partial charge on any atom is 0.240 e. The Hall–Kier alpha value is -1.60. The molecule has 1 fully saturated rings. The third kappa shape index (κ3) is 4.95. The van der Waals surface area contributed by atoms with Crippen LogP contribution in [-0.2, 0) is 4.79 Å². The van der Waals surface area contributed by atoms with Crippen LogP contribution in [-0.4, -0.2) is 40.1 Å². The van der Waals surface area contributed by atoms with Gasteiger partial charge in [-0.15, -0.1) is 10.2 Å². The highest BCUT2D eigenvalue weighted by molar-refractivity contribution is 8.01. The van der Waals surface area contributed by atoms with Gasteiger partial charge in [-0.1, -0.05) is 53.4 Å². The van der Waals surface area contributed by atoms with Gasteiger partial charge < -0.3 is 10.2 Å². The number of hydrogen-bond acceptors (Lipinski definition) is 6. The summed E-state index contributed by atoms with van der Waals surface area (Å²) in [6.45, 7) is 5.86. The molecule has 0 saturated carbocycles. The number of carbonyl (C=O) groups excluding carboxylic acids is 1. The number of rotatable bonds is 6. The summed E-state index contributed by atoms with van der Waals surface area (Å²) in [5, 5.41) is 12.2. The molecule has 1 aliphatic heterocycles. The summed E-state index contributed by atoms with van der Waals surface area (Å²) in [6.07, 6.45) is 3.41. The van der Waals surface area contributed by atoms with Crippen molar-refractivity contribution in [3.63, 3.8) is 0 Å². The predicted octanol–water partition coefficient (Wildman–Crippen LogP) is 4.20. The molecular formula is C18H24N4OS2. The smallest absolute Gasteiger partial charge is 0.240 e. The van der Waals surface area contributed by atoms with E-state index in [0.717, 1.165) is 41.0 Å². The number of aromatic nitrogens is 2. The number of carbonyl (C=O) groups is 1. The molecule has 0 aliphatic carbocycles. The van der Waals surface area contributed by atoms with Crippen molar-refractivity contribution in [2.75, 3.05) is 18.4 Å². The van der Waals surface area contributed by atoms with E-state index in [1.807, 2.05) is 35.2 Å².